The molecule has 0 bridgehead atoms. The predicted molar refractivity (Wildman–Crippen MR) is 103 cm³/mol. The maximum absolute atomic E-state index is 12.7. The summed E-state index contributed by atoms with van der Waals surface area (Å²) in [6.07, 6.45) is 1.08. The molecule has 0 radical (unpaired) electrons. The molecule has 0 unspecified atom stereocenters. The van der Waals surface area contributed by atoms with Gasteiger partial charge in [0.25, 0.3) is 0 Å². The molecule has 28 heavy (non-hydrogen) atoms. The van der Waals surface area contributed by atoms with E-state index in [1.54, 1.807) is 41.3 Å². The Kier molecular flexibility index (Phi) is 5.89. The van der Waals surface area contributed by atoms with Crippen LogP contribution in [0.25, 0.3) is 0 Å². The molecule has 0 spiro atoms. The van der Waals surface area contributed by atoms with Gasteiger partial charge in [0, 0.05) is 19.2 Å². The quantitative estimate of drug-likeness (QED) is 0.692. The minimum atomic E-state index is -3.70. The number of hydrogen-bond donors (Lipinski definition) is 2. The van der Waals surface area contributed by atoms with E-state index in [2.05, 4.69) is 9.44 Å². The lowest BCUT2D eigenvalue weighted by Gasteiger charge is -2.30. The monoisotopic (exact) mass is 429 g/mol. The molecule has 1 aliphatic heterocycles. The first-order chi connectivity index (χ1) is 13.2. The maximum atomic E-state index is 12.7. The van der Waals surface area contributed by atoms with Crippen molar-refractivity contribution >= 4 is 25.7 Å². The number of hydrogen-bond acceptors (Lipinski definition) is 6. The number of ether oxygens (including phenoxy) is 1. The van der Waals surface area contributed by atoms with Crippen LogP contribution in [-0.4, -0.2) is 43.0 Å². The molecule has 0 saturated carbocycles. The van der Waals surface area contributed by atoms with Crippen molar-refractivity contribution in [3.8, 4) is 11.5 Å². The normalized spacial score (nSPS) is 15.9. The van der Waals surface area contributed by atoms with Gasteiger partial charge in [-0.2, -0.15) is 4.72 Å². The van der Waals surface area contributed by atoms with Gasteiger partial charge in [-0.05, 0) is 29.8 Å². The molecule has 2 aromatic carbocycles. The van der Waals surface area contributed by atoms with Crippen molar-refractivity contribution in [2.45, 2.75) is 11.4 Å². The Balaban J connectivity index is 1.78. The third kappa shape index (κ3) is 4.98. The first-order valence-corrected chi connectivity index (χ1v) is 11.7. The van der Waals surface area contributed by atoms with Crippen LogP contribution < -0.4 is 19.1 Å². The van der Waals surface area contributed by atoms with E-state index in [1.807, 2.05) is 0 Å². The zero-order chi connectivity index (χ0) is 20.4. The Hall–Kier alpha value is -2.21. The molecule has 3 rings (SSSR count). The number of nitrogens with one attached hydrogen (secondary N) is 2. The fraction of sp³-hybridized carbons (Fsp3) is 0.294. The molecule has 2 N–H and O–H groups in total. The van der Waals surface area contributed by atoms with Crippen molar-refractivity contribution in [2.75, 3.05) is 31.0 Å². The molecule has 0 aromatic heterocycles. The van der Waals surface area contributed by atoms with Crippen LogP contribution in [0.4, 0.5) is 10.1 Å². The molecule has 2 aromatic rings. The lowest BCUT2D eigenvalue weighted by atomic mass is 10.2. The second kappa shape index (κ2) is 8.03. The summed E-state index contributed by atoms with van der Waals surface area (Å²) in [5.74, 6) is 0.776. The molecule has 8 nitrogen and oxygen atoms in total. The molecular weight excluding hydrogens is 409 g/mol. The van der Waals surface area contributed by atoms with Crippen LogP contribution in [0.15, 0.2) is 47.4 Å². The minimum absolute atomic E-state index is 0.0163. The summed E-state index contributed by atoms with van der Waals surface area (Å²) in [6.45, 7) is -0.340. The van der Waals surface area contributed by atoms with Crippen molar-refractivity contribution < 1.29 is 26.0 Å². The number of nitrogens with zero attached hydrogens (tertiary/aromatic N) is 1. The van der Waals surface area contributed by atoms with Gasteiger partial charge in [0.1, 0.15) is 23.1 Å². The average Bonchev–Trinajstić information content (AvgIpc) is 2.63. The number of halogens is 1. The van der Waals surface area contributed by atoms with Crippen molar-refractivity contribution in [2.24, 2.45) is 0 Å². The van der Waals surface area contributed by atoms with Crippen molar-refractivity contribution in [3.05, 3.63) is 48.0 Å². The van der Waals surface area contributed by atoms with Gasteiger partial charge < -0.3 is 9.64 Å². The zero-order valence-corrected chi connectivity index (χ0v) is 16.7. The highest BCUT2D eigenvalue weighted by molar-refractivity contribution is 7.89. The molecule has 1 heterocycles. The molecule has 0 saturated heterocycles. The molecule has 1 aliphatic rings. The fourth-order valence-electron chi connectivity index (χ4n) is 2.69. The van der Waals surface area contributed by atoms with Gasteiger partial charge in [-0.3, -0.25) is 0 Å². The molecule has 11 heteroatoms. The Labute approximate surface area is 163 Å². The van der Waals surface area contributed by atoms with E-state index in [0.717, 1.165) is 11.8 Å². The molecule has 0 amide bonds. The fourth-order valence-corrected chi connectivity index (χ4v) is 4.34. The first-order valence-electron chi connectivity index (χ1n) is 8.34. The van der Waals surface area contributed by atoms with Crippen LogP contribution in [0, 0.1) is 0 Å². The van der Waals surface area contributed by atoms with Crippen molar-refractivity contribution in [3.63, 3.8) is 0 Å². The zero-order valence-electron chi connectivity index (χ0n) is 15.1. The van der Waals surface area contributed by atoms with E-state index in [-0.39, 0.29) is 24.7 Å². The lowest BCUT2D eigenvalue weighted by molar-refractivity contribution is 0.475. The average molecular weight is 429 g/mol. The molecule has 0 atom stereocenters. The summed E-state index contributed by atoms with van der Waals surface area (Å²) in [4.78, 5) is 1.63. The predicted octanol–water partition coefficient (Wildman–Crippen LogP) is 1.55. The number of anilines is 1. The number of sulfonamides is 2. The number of benzene rings is 2. The maximum Gasteiger partial charge on any atom is 0.244 e. The van der Waals surface area contributed by atoms with Crippen LogP contribution in [0.1, 0.15) is 5.56 Å². The van der Waals surface area contributed by atoms with Crippen LogP contribution in [0.3, 0.4) is 0 Å². The topological polar surface area (TPSA) is 105 Å². The van der Waals surface area contributed by atoms with Gasteiger partial charge in [-0.1, -0.05) is 12.1 Å². The van der Waals surface area contributed by atoms with E-state index in [0.29, 0.717) is 17.2 Å². The molecular formula is C17H20FN3O5S2. The third-order valence-electron chi connectivity index (χ3n) is 4.06. The second-order valence-corrected chi connectivity index (χ2v) is 9.80. The highest BCUT2D eigenvalue weighted by Gasteiger charge is 2.28. The van der Waals surface area contributed by atoms with Crippen molar-refractivity contribution in [1.82, 2.24) is 9.44 Å². The summed E-state index contributed by atoms with van der Waals surface area (Å²) in [5, 5.41) is 0. The number of alkyl halides is 1. The van der Waals surface area contributed by atoms with Gasteiger partial charge in [-0.25, -0.2) is 25.9 Å². The standard InChI is InChI=1S/C17H20FN3O5S2/c1-27(22,23)19-11-13-2-4-14(5-3-13)26-15-6-7-16-17(10-15)28(24,25)20-12-21(16)9-8-18/h2-7,10,19-20H,8-9,11-12H2,1H3. The van der Waals surface area contributed by atoms with E-state index >= 15 is 0 Å². The smallest absolute Gasteiger partial charge is 0.244 e. The van der Waals surface area contributed by atoms with Crippen LogP contribution >= 0.6 is 0 Å². The van der Waals surface area contributed by atoms with Crippen LogP contribution in [0.5, 0.6) is 11.5 Å². The largest absolute Gasteiger partial charge is 0.457 e. The van der Waals surface area contributed by atoms with Gasteiger partial charge >= 0.3 is 0 Å². The van der Waals surface area contributed by atoms with E-state index in [4.69, 9.17) is 4.74 Å². The summed E-state index contributed by atoms with van der Waals surface area (Å²) in [5.41, 5.74) is 1.17. The summed E-state index contributed by atoms with van der Waals surface area (Å²) >= 11 is 0. The SMILES string of the molecule is CS(=O)(=O)NCc1ccc(Oc2ccc3c(c2)S(=O)(=O)NCN3CCF)cc1. The first kappa shape index (κ1) is 20.5. The number of fused-ring (bicyclic) bond motifs is 1. The Morgan fingerprint density at radius 2 is 1.86 bits per heavy atom. The lowest BCUT2D eigenvalue weighted by Crippen LogP contribution is -2.44. The summed E-state index contributed by atoms with van der Waals surface area (Å²) < 4.78 is 70.0. The Morgan fingerprint density at radius 1 is 1.18 bits per heavy atom. The number of rotatable bonds is 7. The van der Waals surface area contributed by atoms with Gasteiger partial charge in [0.15, 0.2) is 0 Å². The molecule has 0 fully saturated rings. The van der Waals surface area contributed by atoms with Gasteiger partial charge in [0.05, 0.1) is 18.6 Å². The van der Waals surface area contributed by atoms with E-state index in [9.17, 15) is 21.2 Å². The minimum Gasteiger partial charge on any atom is -0.457 e. The summed E-state index contributed by atoms with van der Waals surface area (Å²) in [6, 6.07) is 11.3. The molecule has 0 aliphatic carbocycles. The highest BCUT2D eigenvalue weighted by atomic mass is 32.2. The Morgan fingerprint density at radius 3 is 2.50 bits per heavy atom. The van der Waals surface area contributed by atoms with Crippen LogP contribution in [-0.2, 0) is 26.6 Å². The Bertz CT molecular complexity index is 1060. The van der Waals surface area contributed by atoms with E-state index < -0.39 is 26.7 Å². The van der Waals surface area contributed by atoms with E-state index in [1.165, 1.54) is 6.07 Å². The van der Waals surface area contributed by atoms with Gasteiger partial charge in [-0.15, -0.1) is 0 Å². The third-order valence-corrected chi connectivity index (χ3v) is 6.14. The second-order valence-electron chi connectivity index (χ2n) is 6.23. The molecule has 152 valence electrons. The van der Waals surface area contributed by atoms with Crippen LogP contribution in [0.2, 0.25) is 0 Å². The summed E-state index contributed by atoms with van der Waals surface area (Å²) in [7, 11) is -6.98. The highest BCUT2D eigenvalue weighted by Crippen LogP contribution is 2.33. The van der Waals surface area contributed by atoms with Gasteiger partial charge in [0.2, 0.25) is 20.0 Å². The van der Waals surface area contributed by atoms with Crippen molar-refractivity contribution in [1.29, 1.82) is 0 Å².